The van der Waals surface area contributed by atoms with Crippen molar-refractivity contribution in [2.24, 2.45) is 0 Å². The molecule has 2 aromatic carbocycles. The molecular weight excluding hydrogens is 522 g/mol. The number of hydrogen-bond acceptors (Lipinski definition) is 7. The number of nitrogens with one attached hydrogen (secondary N) is 3. The Hall–Kier alpha value is -2.98. The molecule has 30 heavy (non-hydrogen) atoms. The third-order valence-electron chi connectivity index (χ3n) is 3.91. The summed E-state index contributed by atoms with van der Waals surface area (Å²) < 4.78 is 40.2. The molecule has 154 valence electrons. The Morgan fingerprint density at radius 3 is 2.63 bits per heavy atom. The van der Waals surface area contributed by atoms with E-state index in [4.69, 9.17) is 5.26 Å². The summed E-state index contributed by atoms with van der Waals surface area (Å²) in [4.78, 5) is 8.64. The maximum absolute atomic E-state index is 14.2. The first-order chi connectivity index (χ1) is 14.2. The van der Waals surface area contributed by atoms with Crippen molar-refractivity contribution in [3.63, 3.8) is 0 Å². The Labute approximate surface area is 186 Å². The first-order valence-corrected chi connectivity index (χ1v) is 11.5. The molecule has 0 unspecified atom stereocenters. The van der Waals surface area contributed by atoms with E-state index in [1.54, 1.807) is 18.3 Å². The molecule has 0 aliphatic rings. The molecular formula is C19H16FIN6O2S. The van der Waals surface area contributed by atoms with Crippen LogP contribution in [0.3, 0.4) is 0 Å². The van der Waals surface area contributed by atoms with Crippen molar-refractivity contribution in [3.05, 3.63) is 63.1 Å². The lowest BCUT2D eigenvalue weighted by Crippen LogP contribution is -2.13. The molecule has 0 bridgehead atoms. The number of nitriles is 1. The number of aryl methyl sites for hydroxylation is 1. The summed E-state index contributed by atoms with van der Waals surface area (Å²) in [5.74, 6) is -0.119. The lowest BCUT2D eigenvalue weighted by Gasteiger charge is -2.15. The van der Waals surface area contributed by atoms with Crippen LogP contribution in [-0.4, -0.2) is 24.6 Å². The van der Waals surface area contributed by atoms with E-state index < -0.39 is 15.8 Å². The average molecular weight is 538 g/mol. The lowest BCUT2D eigenvalue weighted by molar-refractivity contribution is 0.604. The van der Waals surface area contributed by atoms with Gasteiger partial charge in [-0.05, 0) is 59.3 Å². The highest BCUT2D eigenvalue weighted by atomic mass is 127. The Balaban J connectivity index is 1.94. The maximum Gasteiger partial charge on any atom is 0.229 e. The van der Waals surface area contributed by atoms with Gasteiger partial charge in [-0.25, -0.2) is 17.8 Å². The minimum absolute atomic E-state index is 0.200. The standard InChI is InChI=1S/C19H16FIN6O2S/c1-11-6-7-12(9-22)8-16(11)25-19-23-10-14(21)18(26-19)24-15-5-3-4-13(20)17(15)27-30(2,28)29/h3-8,10,27H,1-2H3,(H2,23,24,25,26). The lowest BCUT2D eigenvalue weighted by atomic mass is 10.1. The van der Waals surface area contributed by atoms with Crippen LogP contribution >= 0.6 is 22.6 Å². The van der Waals surface area contributed by atoms with Crippen molar-refractivity contribution in [1.82, 2.24) is 9.97 Å². The number of para-hydroxylation sites is 1. The molecule has 1 aromatic heterocycles. The molecule has 1 heterocycles. The fraction of sp³-hybridized carbons (Fsp3) is 0.105. The van der Waals surface area contributed by atoms with Crippen molar-refractivity contribution in [2.75, 3.05) is 21.6 Å². The number of anilines is 5. The van der Waals surface area contributed by atoms with E-state index in [0.717, 1.165) is 17.9 Å². The van der Waals surface area contributed by atoms with Crippen LogP contribution in [0.15, 0.2) is 42.6 Å². The predicted octanol–water partition coefficient (Wildman–Crippen LogP) is 4.26. The quantitative estimate of drug-likeness (QED) is 0.402. The zero-order valence-corrected chi connectivity index (χ0v) is 18.8. The summed E-state index contributed by atoms with van der Waals surface area (Å²) in [5, 5.41) is 15.1. The molecule has 3 aromatic rings. The van der Waals surface area contributed by atoms with Crippen LogP contribution < -0.4 is 15.4 Å². The van der Waals surface area contributed by atoms with Crippen molar-refractivity contribution in [1.29, 1.82) is 5.26 Å². The minimum Gasteiger partial charge on any atom is -0.337 e. The molecule has 3 N–H and O–H groups in total. The van der Waals surface area contributed by atoms with Gasteiger partial charge in [0.2, 0.25) is 16.0 Å². The molecule has 0 atom stereocenters. The van der Waals surface area contributed by atoms with Crippen molar-refractivity contribution < 1.29 is 12.8 Å². The number of nitrogens with zero attached hydrogens (tertiary/aromatic N) is 3. The highest BCUT2D eigenvalue weighted by Crippen LogP contribution is 2.30. The summed E-state index contributed by atoms with van der Waals surface area (Å²) in [6, 6.07) is 11.4. The normalized spacial score (nSPS) is 10.9. The number of benzene rings is 2. The second-order valence-corrected chi connectivity index (χ2v) is 9.23. The minimum atomic E-state index is -3.69. The summed E-state index contributed by atoms with van der Waals surface area (Å²) in [6.07, 6.45) is 2.50. The highest BCUT2D eigenvalue weighted by molar-refractivity contribution is 14.1. The van der Waals surface area contributed by atoms with Gasteiger partial charge in [0.15, 0.2) is 0 Å². The van der Waals surface area contributed by atoms with E-state index in [2.05, 4.69) is 31.4 Å². The topological polar surface area (TPSA) is 120 Å². The molecule has 0 amide bonds. The summed E-state index contributed by atoms with van der Waals surface area (Å²) in [6.45, 7) is 1.88. The van der Waals surface area contributed by atoms with Gasteiger partial charge in [-0.15, -0.1) is 0 Å². The monoisotopic (exact) mass is 538 g/mol. The number of rotatable bonds is 6. The fourth-order valence-corrected chi connectivity index (χ4v) is 3.48. The van der Waals surface area contributed by atoms with Gasteiger partial charge >= 0.3 is 0 Å². The van der Waals surface area contributed by atoms with Gasteiger partial charge in [-0.3, -0.25) is 4.72 Å². The van der Waals surface area contributed by atoms with Crippen LogP contribution in [0.5, 0.6) is 0 Å². The molecule has 0 radical (unpaired) electrons. The number of sulfonamides is 1. The molecule has 11 heteroatoms. The van der Waals surface area contributed by atoms with Crippen molar-refractivity contribution >= 4 is 61.4 Å². The zero-order valence-electron chi connectivity index (χ0n) is 15.9. The molecule has 0 saturated carbocycles. The summed E-state index contributed by atoms with van der Waals surface area (Å²) >= 11 is 2.01. The van der Waals surface area contributed by atoms with Crippen LogP contribution in [-0.2, 0) is 10.0 Å². The number of hydrogen-bond donors (Lipinski definition) is 3. The van der Waals surface area contributed by atoms with Gasteiger partial charge in [0.1, 0.15) is 17.3 Å². The van der Waals surface area contributed by atoms with Crippen molar-refractivity contribution in [2.45, 2.75) is 6.92 Å². The first kappa shape index (κ1) is 21.7. The van der Waals surface area contributed by atoms with Crippen LogP contribution in [0.2, 0.25) is 0 Å². The number of aromatic nitrogens is 2. The third-order valence-corrected chi connectivity index (χ3v) is 5.28. The van der Waals surface area contributed by atoms with E-state index in [0.29, 0.717) is 20.6 Å². The Morgan fingerprint density at radius 1 is 1.17 bits per heavy atom. The van der Waals surface area contributed by atoms with Crippen molar-refractivity contribution in [3.8, 4) is 6.07 Å². The van der Waals surface area contributed by atoms with E-state index in [1.807, 2.05) is 35.6 Å². The van der Waals surface area contributed by atoms with E-state index in [9.17, 15) is 12.8 Å². The molecule has 0 aliphatic carbocycles. The van der Waals surface area contributed by atoms with Gasteiger partial charge in [-0.1, -0.05) is 12.1 Å². The molecule has 0 spiro atoms. The Kier molecular flexibility index (Phi) is 6.37. The van der Waals surface area contributed by atoms with Crippen LogP contribution in [0.1, 0.15) is 11.1 Å². The maximum atomic E-state index is 14.2. The van der Waals surface area contributed by atoms with Gasteiger partial charge in [0, 0.05) is 11.9 Å². The highest BCUT2D eigenvalue weighted by Gasteiger charge is 2.15. The second kappa shape index (κ2) is 8.80. The Morgan fingerprint density at radius 2 is 1.93 bits per heavy atom. The first-order valence-electron chi connectivity index (χ1n) is 8.50. The van der Waals surface area contributed by atoms with Gasteiger partial charge in [0.25, 0.3) is 0 Å². The molecule has 3 rings (SSSR count). The van der Waals surface area contributed by atoms with Crippen LogP contribution in [0.4, 0.5) is 33.2 Å². The molecule has 0 aliphatic heterocycles. The van der Waals surface area contributed by atoms with Gasteiger partial charge in [-0.2, -0.15) is 10.2 Å². The summed E-state index contributed by atoms with van der Waals surface area (Å²) in [5.41, 5.74) is 2.05. The number of halogens is 2. The summed E-state index contributed by atoms with van der Waals surface area (Å²) in [7, 11) is -3.69. The average Bonchev–Trinajstić information content (AvgIpc) is 2.68. The van der Waals surface area contributed by atoms with Crippen LogP contribution in [0, 0.1) is 27.6 Å². The SMILES string of the molecule is Cc1ccc(C#N)cc1Nc1ncc(I)c(Nc2cccc(F)c2NS(C)(=O)=O)n1. The second-order valence-electron chi connectivity index (χ2n) is 6.32. The molecule has 0 fully saturated rings. The van der Waals surface area contributed by atoms with Crippen LogP contribution in [0.25, 0.3) is 0 Å². The van der Waals surface area contributed by atoms with E-state index in [1.165, 1.54) is 12.1 Å². The van der Waals surface area contributed by atoms with Gasteiger partial charge < -0.3 is 10.6 Å². The predicted molar refractivity (Wildman–Crippen MR) is 122 cm³/mol. The van der Waals surface area contributed by atoms with E-state index >= 15 is 0 Å². The molecule has 0 saturated heterocycles. The zero-order chi connectivity index (χ0) is 21.9. The van der Waals surface area contributed by atoms with E-state index in [-0.39, 0.29) is 17.3 Å². The van der Waals surface area contributed by atoms with Gasteiger partial charge in [0.05, 0.1) is 27.1 Å². The smallest absolute Gasteiger partial charge is 0.229 e. The third kappa shape index (κ3) is 5.33. The fourth-order valence-electron chi connectivity index (χ4n) is 2.51. The largest absolute Gasteiger partial charge is 0.337 e. The molecule has 8 nitrogen and oxygen atoms in total. The Bertz CT molecular complexity index is 1260.